The van der Waals surface area contributed by atoms with Crippen LogP contribution in [0.25, 0.3) is 0 Å². The average Bonchev–Trinajstić information content (AvgIpc) is 2.63. The maximum Gasteiger partial charge on any atom is 0.113 e. The van der Waals surface area contributed by atoms with Crippen LogP contribution in [-0.2, 0) is 6.54 Å². The average molecular weight is 273 g/mol. The number of rotatable bonds is 3. The lowest BCUT2D eigenvalue weighted by Crippen LogP contribution is -1.99. The zero-order valence-electron chi connectivity index (χ0n) is 8.63. The van der Waals surface area contributed by atoms with E-state index < -0.39 is 0 Å². The van der Waals surface area contributed by atoms with Crippen molar-refractivity contribution < 1.29 is 0 Å². The van der Waals surface area contributed by atoms with E-state index in [9.17, 15) is 0 Å². The molecule has 2 nitrogen and oxygen atoms in total. The number of hydrogen-bond acceptors (Lipinski definition) is 3. The Morgan fingerprint density at radius 1 is 1.38 bits per heavy atom. The Balaban J connectivity index is 2.04. The van der Waals surface area contributed by atoms with Gasteiger partial charge in [0.15, 0.2) is 0 Å². The number of anilines is 1. The minimum absolute atomic E-state index is 0.639. The molecular formula is C11H10Cl2N2S. The van der Waals surface area contributed by atoms with Crippen LogP contribution >= 0.6 is 34.5 Å². The standard InChI is InChI=1S/C11H10Cl2N2S/c1-7-2-3-9(8(12)4-7)14-6-11-15-5-10(13)16-11/h2-5,14H,6H2,1H3. The van der Waals surface area contributed by atoms with Crippen molar-refractivity contribution in [2.75, 3.05) is 5.32 Å². The molecule has 1 heterocycles. The summed E-state index contributed by atoms with van der Waals surface area (Å²) < 4.78 is 0.701. The lowest BCUT2D eigenvalue weighted by Gasteiger charge is -2.07. The Hall–Kier alpha value is -0.770. The second kappa shape index (κ2) is 5.04. The lowest BCUT2D eigenvalue weighted by molar-refractivity contribution is 1.10. The van der Waals surface area contributed by atoms with Crippen molar-refractivity contribution in [3.63, 3.8) is 0 Å². The summed E-state index contributed by atoms with van der Waals surface area (Å²) in [5, 5.41) is 4.90. The van der Waals surface area contributed by atoms with Crippen molar-refractivity contribution in [2.45, 2.75) is 13.5 Å². The van der Waals surface area contributed by atoms with E-state index >= 15 is 0 Å². The molecule has 0 atom stereocenters. The van der Waals surface area contributed by atoms with Crippen LogP contribution in [0, 0.1) is 6.92 Å². The van der Waals surface area contributed by atoms with E-state index in [2.05, 4.69) is 10.3 Å². The van der Waals surface area contributed by atoms with E-state index in [1.165, 1.54) is 11.3 Å². The highest BCUT2D eigenvalue weighted by Gasteiger charge is 2.02. The van der Waals surface area contributed by atoms with Crippen LogP contribution in [0.3, 0.4) is 0 Å². The molecule has 0 aliphatic rings. The summed E-state index contributed by atoms with van der Waals surface area (Å²) in [6, 6.07) is 5.91. The number of aryl methyl sites for hydroxylation is 1. The smallest absolute Gasteiger partial charge is 0.113 e. The van der Waals surface area contributed by atoms with Gasteiger partial charge in [0.2, 0.25) is 0 Å². The molecule has 84 valence electrons. The lowest BCUT2D eigenvalue weighted by atomic mass is 10.2. The largest absolute Gasteiger partial charge is 0.377 e. The van der Waals surface area contributed by atoms with Gasteiger partial charge >= 0.3 is 0 Å². The number of halogens is 2. The Bertz CT molecular complexity index is 496. The molecule has 0 aliphatic carbocycles. The summed E-state index contributed by atoms with van der Waals surface area (Å²) in [5.41, 5.74) is 2.06. The van der Waals surface area contributed by atoms with Gasteiger partial charge in [-0.3, -0.25) is 0 Å². The molecule has 0 spiro atoms. The zero-order valence-corrected chi connectivity index (χ0v) is 11.0. The molecule has 0 saturated carbocycles. The number of hydrogen-bond donors (Lipinski definition) is 1. The predicted octanol–water partition coefficient (Wildman–Crippen LogP) is 4.37. The predicted molar refractivity (Wildman–Crippen MR) is 70.6 cm³/mol. The van der Waals surface area contributed by atoms with Gasteiger partial charge in [-0.2, -0.15) is 0 Å². The molecule has 0 fully saturated rings. The number of thiazole rings is 1. The van der Waals surface area contributed by atoms with Crippen LogP contribution in [0.15, 0.2) is 24.4 Å². The fourth-order valence-corrected chi connectivity index (χ4v) is 2.50. The zero-order chi connectivity index (χ0) is 11.5. The summed E-state index contributed by atoms with van der Waals surface area (Å²) >= 11 is 13.4. The number of nitrogens with one attached hydrogen (secondary N) is 1. The van der Waals surface area contributed by atoms with E-state index in [-0.39, 0.29) is 0 Å². The van der Waals surface area contributed by atoms with E-state index in [1.54, 1.807) is 6.20 Å². The molecular weight excluding hydrogens is 263 g/mol. The molecule has 0 aliphatic heterocycles. The number of nitrogens with zero attached hydrogens (tertiary/aromatic N) is 1. The van der Waals surface area contributed by atoms with Gasteiger partial charge in [-0.1, -0.05) is 29.3 Å². The molecule has 5 heteroatoms. The highest BCUT2D eigenvalue weighted by Crippen LogP contribution is 2.24. The summed E-state index contributed by atoms with van der Waals surface area (Å²) in [5.74, 6) is 0. The molecule has 0 amide bonds. The van der Waals surface area contributed by atoms with Gasteiger partial charge in [0.1, 0.15) is 9.34 Å². The van der Waals surface area contributed by atoms with Crippen molar-refractivity contribution in [2.24, 2.45) is 0 Å². The third kappa shape index (κ3) is 2.88. The summed E-state index contributed by atoms with van der Waals surface area (Å²) in [7, 11) is 0. The molecule has 1 aromatic carbocycles. The highest BCUT2D eigenvalue weighted by molar-refractivity contribution is 7.15. The van der Waals surface area contributed by atoms with Crippen molar-refractivity contribution >= 4 is 40.2 Å². The Kier molecular flexibility index (Phi) is 3.69. The second-order valence-corrected chi connectivity index (χ2v) is 5.55. The molecule has 0 bridgehead atoms. The van der Waals surface area contributed by atoms with E-state index in [0.717, 1.165) is 21.3 Å². The fourth-order valence-electron chi connectivity index (χ4n) is 1.30. The van der Waals surface area contributed by atoms with Gasteiger partial charge in [-0.25, -0.2) is 4.98 Å². The minimum atomic E-state index is 0.639. The van der Waals surface area contributed by atoms with Crippen LogP contribution in [0.2, 0.25) is 9.36 Å². The SMILES string of the molecule is Cc1ccc(NCc2ncc(Cl)s2)c(Cl)c1. The van der Waals surface area contributed by atoms with Crippen LogP contribution in [0.5, 0.6) is 0 Å². The number of benzene rings is 1. The third-order valence-electron chi connectivity index (χ3n) is 2.08. The molecule has 2 aromatic rings. The second-order valence-electron chi connectivity index (χ2n) is 3.39. The fraction of sp³-hybridized carbons (Fsp3) is 0.182. The first-order chi connectivity index (χ1) is 7.65. The first-order valence-electron chi connectivity index (χ1n) is 4.75. The number of aromatic nitrogens is 1. The Morgan fingerprint density at radius 2 is 2.19 bits per heavy atom. The normalized spacial score (nSPS) is 10.4. The molecule has 2 rings (SSSR count). The molecule has 0 radical (unpaired) electrons. The molecule has 0 unspecified atom stereocenters. The highest BCUT2D eigenvalue weighted by atomic mass is 35.5. The Labute approximate surface area is 108 Å². The van der Waals surface area contributed by atoms with E-state index in [1.807, 2.05) is 25.1 Å². The Morgan fingerprint density at radius 3 is 2.81 bits per heavy atom. The van der Waals surface area contributed by atoms with Gasteiger partial charge in [-0.05, 0) is 24.6 Å². The quantitative estimate of drug-likeness (QED) is 0.898. The summed E-state index contributed by atoms with van der Waals surface area (Å²) in [4.78, 5) is 4.16. The molecule has 16 heavy (non-hydrogen) atoms. The molecule has 1 aromatic heterocycles. The van der Waals surface area contributed by atoms with Gasteiger partial charge in [0.25, 0.3) is 0 Å². The monoisotopic (exact) mass is 272 g/mol. The van der Waals surface area contributed by atoms with Crippen LogP contribution in [-0.4, -0.2) is 4.98 Å². The van der Waals surface area contributed by atoms with Crippen LogP contribution in [0.1, 0.15) is 10.6 Å². The van der Waals surface area contributed by atoms with Gasteiger partial charge in [0, 0.05) is 0 Å². The summed E-state index contributed by atoms with van der Waals surface area (Å²) in [6.07, 6.45) is 1.65. The molecule has 1 N–H and O–H groups in total. The van der Waals surface area contributed by atoms with E-state index in [0.29, 0.717) is 10.9 Å². The van der Waals surface area contributed by atoms with Crippen LogP contribution in [0.4, 0.5) is 5.69 Å². The van der Waals surface area contributed by atoms with Crippen molar-refractivity contribution in [3.8, 4) is 0 Å². The minimum Gasteiger partial charge on any atom is -0.377 e. The van der Waals surface area contributed by atoms with Crippen molar-refractivity contribution in [3.05, 3.63) is 44.3 Å². The third-order valence-corrected chi connectivity index (χ3v) is 3.51. The maximum absolute atomic E-state index is 6.10. The van der Waals surface area contributed by atoms with Gasteiger partial charge in [0.05, 0.1) is 23.5 Å². The first kappa shape index (κ1) is 11.7. The van der Waals surface area contributed by atoms with Gasteiger partial charge < -0.3 is 5.32 Å². The topological polar surface area (TPSA) is 24.9 Å². The molecule has 0 saturated heterocycles. The van der Waals surface area contributed by atoms with Crippen LogP contribution < -0.4 is 5.32 Å². The van der Waals surface area contributed by atoms with Gasteiger partial charge in [-0.15, -0.1) is 11.3 Å². The van der Waals surface area contributed by atoms with E-state index in [4.69, 9.17) is 23.2 Å². The van der Waals surface area contributed by atoms with Crippen molar-refractivity contribution in [1.29, 1.82) is 0 Å². The van der Waals surface area contributed by atoms with Crippen molar-refractivity contribution in [1.82, 2.24) is 4.98 Å². The maximum atomic E-state index is 6.10. The first-order valence-corrected chi connectivity index (χ1v) is 6.32. The summed E-state index contributed by atoms with van der Waals surface area (Å²) in [6.45, 7) is 2.65.